The molecular formula is C72H102O8Ta2. The fraction of sp³-hybridized carbons (Fsp3) is 0.500. The zero-order valence-electron chi connectivity index (χ0n) is 54.5. The van der Waals surface area contributed by atoms with Crippen molar-refractivity contribution in [3.05, 3.63) is 176 Å². The smallest absolute Gasteiger partial charge is 2.00 e. The van der Waals surface area contributed by atoms with Crippen LogP contribution >= 0.6 is 0 Å². The van der Waals surface area contributed by atoms with Crippen molar-refractivity contribution in [3.8, 4) is 34.5 Å². The molecule has 6 aromatic carbocycles. The minimum atomic E-state index is 0. The Bertz CT molecular complexity index is 2060. The zero-order chi connectivity index (χ0) is 60.0. The predicted octanol–water partition coefficient (Wildman–Crippen LogP) is 17.8. The topological polar surface area (TPSA) is 195 Å². The van der Waals surface area contributed by atoms with Crippen LogP contribution in [0.3, 0.4) is 0 Å². The Morgan fingerprint density at radius 3 is 0.280 bits per heavy atom. The van der Waals surface area contributed by atoms with Gasteiger partial charge in [0.25, 0.3) is 0 Å². The van der Waals surface area contributed by atoms with E-state index in [1.807, 2.05) is 109 Å². The number of hydrogen-bond donors (Lipinski definition) is 0. The van der Waals surface area contributed by atoms with Gasteiger partial charge in [-0.25, -0.2) is 0 Å². The van der Waals surface area contributed by atoms with E-state index in [2.05, 4.69) is 166 Å². The molecule has 0 saturated heterocycles. The van der Waals surface area contributed by atoms with Gasteiger partial charge >= 0.3 is 44.8 Å². The van der Waals surface area contributed by atoms with Crippen LogP contribution in [-0.4, -0.2) is 0 Å². The van der Waals surface area contributed by atoms with Gasteiger partial charge in [0, 0.05) is 0 Å². The minimum Gasteiger partial charge on any atom is -2.00 e. The summed E-state index contributed by atoms with van der Waals surface area (Å²) in [6.45, 7) is 49.4. The molecule has 448 valence electrons. The zero-order valence-corrected chi connectivity index (χ0v) is 60.9. The van der Waals surface area contributed by atoms with Crippen molar-refractivity contribution in [3.63, 3.8) is 0 Å². The van der Waals surface area contributed by atoms with Crippen molar-refractivity contribution in [2.45, 2.75) is 237 Å². The van der Waals surface area contributed by atoms with Crippen LogP contribution < -0.4 is 30.6 Å². The Balaban J connectivity index is -0.000000441. The molecule has 0 aliphatic carbocycles. The molecule has 0 amide bonds. The first kappa shape index (κ1) is 84.0. The minimum absolute atomic E-state index is 0. The third kappa shape index (κ3) is 25.8. The molecule has 0 saturated carbocycles. The van der Waals surface area contributed by atoms with E-state index in [1.165, 1.54) is 0 Å². The Kier molecular flexibility index (Phi) is 41.7. The van der Waals surface area contributed by atoms with E-state index in [0.29, 0.717) is 71.0 Å². The van der Waals surface area contributed by atoms with Gasteiger partial charge in [0.05, 0.1) is 0 Å². The largest absolute Gasteiger partial charge is 5.00 e. The first-order chi connectivity index (χ1) is 36.2. The van der Waals surface area contributed by atoms with Crippen molar-refractivity contribution >= 4 is 0 Å². The Morgan fingerprint density at radius 1 is 0.171 bits per heavy atom. The van der Waals surface area contributed by atoms with Crippen LogP contribution in [0.2, 0.25) is 0 Å². The average molecular weight is 1460 g/mol. The van der Waals surface area contributed by atoms with Gasteiger partial charge in [-0.3, -0.25) is 0 Å². The summed E-state index contributed by atoms with van der Waals surface area (Å²) in [6.07, 6.45) is 0. The maximum atomic E-state index is 11.9. The maximum Gasteiger partial charge on any atom is 5.00 e. The number of hydrogen-bond acceptors (Lipinski definition) is 6. The summed E-state index contributed by atoms with van der Waals surface area (Å²) in [5.41, 5.74) is 11.2. The third-order valence-electron chi connectivity index (χ3n) is 13.9. The Morgan fingerprint density at radius 2 is 0.232 bits per heavy atom. The predicted molar refractivity (Wildman–Crippen MR) is 326 cm³/mol. The van der Waals surface area contributed by atoms with Crippen LogP contribution in [0.15, 0.2) is 109 Å². The number of rotatable bonds is 12. The van der Waals surface area contributed by atoms with E-state index in [-0.39, 0.29) is 90.2 Å². The molecule has 10 heteroatoms. The quantitative estimate of drug-likeness (QED) is 0.117. The van der Waals surface area contributed by atoms with Gasteiger partial charge in [0.15, 0.2) is 0 Å². The molecule has 0 aromatic heterocycles. The molecule has 0 bridgehead atoms. The van der Waals surface area contributed by atoms with E-state index < -0.39 is 0 Å². The van der Waals surface area contributed by atoms with Gasteiger partial charge in [-0.05, 0) is 71.0 Å². The van der Waals surface area contributed by atoms with E-state index >= 15 is 0 Å². The van der Waals surface area contributed by atoms with Crippen molar-refractivity contribution in [2.75, 3.05) is 0 Å². The molecule has 0 unspecified atom stereocenters. The molecule has 0 spiro atoms. The van der Waals surface area contributed by atoms with E-state index in [9.17, 15) is 30.6 Å². The monoisotopic (exact) mass is 1460 g/mol. The summed E-state index contributed by atoms with van der Waals surface area (Å²) in [6, 6.07) is 35.0. The van der Waals surface area contributed by atoms with Crippen molar-refractivity contribution in [1.82, 2.24) is 0 Å². The first-order valence-corrected chi connectivity index (χ1v) is 29.0. The first-order valence-electron chi connectivity index (χ1n) is 29.0. The Labute approximate surface area is 530 Å². The van der Waals surface area contributed by atoms with E-state index in [0.717, 1.165) is 66.8 Å². The molecule has 0 aliphatic rings. The van der Waals surface area contributed by atoms with E-state index in [1.54, 1.807) is 0 Å². The van der Waals surface area contributed by atoms with Crippen LogP contribution in [0.1, 0.15) is 304 Å². The molecule has 0 radical (unpaired) electrons. The van der Waals surface area contributed by atoms with Gasteiger partial charge in [0.2, 0.25) is 0 Å². The fourth-order valence-electron chi connectivity index (χ4n) is 8.90. The molecule has 82 heavy (non-hydrogen) atoms. The molecule has 0 atom stereocenters. The molecule has 0 N–H and O–H groups in total. The summed E-state index contributed by atoms with van der Waals surface area (Å²) >= 11 is 0. The van der Waals surface area contributed by atoms with Gasteiger partial charge in [-0.2, -0.15) is 0 Å². The Hall–Kier alpha value is -4.48. The molecule has 0 heterocycles. The molecular weight excluding hydrogens is 1350 g/mol. The summed E-state index contributed by atoms with van der Waals surface area (Å²) in [5, 5.41) is 71.1. The van der Waals surface area contributed by atoms with Crippen LogP contribution in [0.5, 0.6) is 34.5 Å². The second kappa shape index (κ2) is 40.7. The molecule has 0 fully saturated rings. The number of para-hydroxylation sites is 6. The van der Waals surface area contributed by atoms with Crippen LogP contribution in [0.4, 0.5) is 0 Å². The maximum absolute atomic E-state index is 11.9. The van der Waals surface area contributed by atoms with Crippen LogP contribution in [0.25, 0.3) is 0 Å². The van der Waals surface area contributed by atoms with Gasteiger partial charge < -0.3 is 41.6 Å². The fourth-order valence-corrected chi connectivity index (χ4v) is 8.90. The summed E-state index contributed by atoms with van der Waals surface area (Å²) in [4.78, 5) is 0. The molecule has 0 aliphatic heterocycles. The van der Waals surface area contributed by atoms with Gasteiger partial charge in [-0.15, -0.1) is 34.5 Å². The van der Waals surface area contributed by atoms with Crippen molar-refractivity contribution in [1.29, 1.82) is 0 Å². The molecule has 6 aromatic rings. The summed E-state index contributed by atoms with van der Waals surface area (Å²) in [7, 11) is 0. The van der Waals surface area contributed by atoms with Crippen LogP contribution in [0, 0.1) is 0 Å². The average Bonchev–Trinajstić information content (AvgIpc) is 3.34. The van der Waals surface area contributed by atoms with Gasteiger partial charge in [0.1, 0.15) is 0 Å². The molecule has 6 rings (SSSR count). The standard InChI is InChI=1S/6C12H18O.2O.2Ta/c6*1-8(2)10-6-5-7-11(9(3)4)12(10)13;;;;/h6*5-9,13H,1-4H3;;;;/q;;;;;;2*-2;2*+5/p-6. The van der Waals surface area contributed by atoms with Crippen molar-refractivity contribution in [2.24, 2.45) is 0 Å². The second-order valence-corrected chi connectivity index (χ2v) is 24.4. The normalized spacial score (nSPS) is 10.7. The van der Waals surface area contributed by atoms with E-state index in [4.69, 9.17) is 0 Å². The van der Waals surface area contributed by atoms with Crippen LogP contribution in [-0.2, 0) is 55.7 Å². The van der Waals surface area contributed by atoms with Crippen molar-refractivity contribution < 1.29 is 86.4 Å². The second-order valence-electron chi connectivity index (χ2n) is 24.4. The van der Waals surface area contributed by atoms with Gasteiger partial charge in [-0.1, -0.05) is 342 Å². The SMILES string of the molecule is CC(C)c1cccc(C(C)C)c1[O-].CC(C)c1cccc(C(C)C)c1[O-].CC(C)c1cccc(C(C)C)c1[O-].CC(C)c1cccc(C(C)C)c1[O-].CC(C)c1cccc(C(C)C)c1[O-].CC(C)c1cccc(C(C)C)c1[O-].[O-2].[O-2].[Ta+5].[Ta+5]. The third-order valence-corrected chi connectivity index (χ3v) is 13.9. The summed E-state index contributed by atoms with van der Waals surface area (Å²) < 4.78 is 0. The number of benzene rings is 6. The molecule has 8 nitrogen and oxygen atoms in total. The summed E-state index contributed by atoms with van der Waals surface area (Å²) in [5.74, 6) is 5.28.